The number of thiocarbonyl (C=S) groups is 1. The molecule has 3 rings (SSSR count). The van der Waals surface area contributed by atoms with Crippen molar-refractivity contribution >= 4 is 56.9 Å². The Morgan fingerprint density at radius 2 is 2.07 bits per heavy atom. The van der Waals surface area contributed by atoms with Gasteiger partial charge in [-0.2, -0.15) is 0 Å². The second kappa shape index (κ2) is 8.42. The Morgan fingerprint density at radius 1 is 1.32 bits per heavy atom. The quantitative estimate of drug-likeness (QED) is 0.486. The number of carbonyl (C=O) groups is 2. The zero-order chi connectivity index (χ0) is 20.4. The van der Waals surface area contributed by atoms with Gasteiger partial charge in [-0.25, -0.2) is 4.79 Å². The van der Waals surface area contributed by atoms with Gasteiger partial charge in [0.25, 0.3) is 5.91 Å². The summed E-state index contributed by atoms with van der Waals surface area (Å²) < 4.78 is 5.17. The van der Waals surface area contributed by atoms with Gasteiger partial charge in [0.15, 0.2) is 5.11 Å². The van der Waals surface area contributed by atoms with Gasteiger partial charge in [-0.3, -0.25) is 4.79 Å². The van der Waals surface area contributed by atoms with Crippen LogP contribution in [0.2, 0.25) is 0 Å². The second-order valence-electron chi connectivity index (χ2n) is 6.25. The lowest BCUT2D eigenvalue weighted by Gasteiger charge is -2.29. The van der Waals surface area contributed by atoms with Crippen LogP contribution in [-0.4, -0.2) is 23.6 Å². The number of ether oxygens (including phenoxy) is 1. The third-order valence-corrected chi connectivity index (χ3v) is 6.71. The molecule has 0 spiro atoms. The van der Waals surface area contributed by atoms with Gasteiger partial charge in [-0.1, -0.05) is 6.07 Å². The first-order valence-corrected chi connectivity index (χ1v) is 10.8. The number of carbonyl (C=O) groups excluding carboxylic acids is 2. The molecule has 0 bridgehead atoms. The Labute approximate surface area is 177 Å². The van der Waals surface area contributed by atoms with Crippen molar-refractivity contribution in [3.8, 4) is 0 Å². The van der Waals surface area contributed by atoms with Crippen LogP contribution in [0, 0.1) is 13.8 Å². The van der Waals surface area contributed by atoms with Crippen molar-refractivity contribution in [1.82, 2.24) is 10.6 Å². The van der Waals surface area contributed by atoms with E-state index < -0.39 is 5.97 Å². The van der Waals surface area contributed by atoms with Crippen LogP contribution in [0.25, 0.3) is 0 Å². The van der Waals surface area contributed by atoms with Crippen molar-refractivity contribution < 1.29 is 14.3 Å². The van der Waals surface area contributed by atoms with Crippen molar-refractivity contribution in [2.24, 2.45) is 0 Å². The summed E-state index contributed by atoms with van der Waals surface area (Å²) in [6, 6.07) is 3.55. The van der Waals surface area contributed by atoms with Crippen molar-refractivity contribution in [3.63, 3.8) is 0 Å². The lowest BCUT2D eigenvalue weighted by molar-refractivity contribution is -0.113. The minimum atomic E-state index is -0.429. The van der Waals surface area contributed by atoms with Gasteiger partial charge >= 0.3 is 5.97 Å². The minimum absolute atomic E-state index is 0.274. The molecule has 2 aromatic rings. The van der Waals surface area contributed by atoms with E-state index in [1.54, 1.807) is 18.3 Å². The van der Waals surface area contributed by atoms with Crippen molar-refractivity contribution in [2.45, 2.75) is 33.7 Å². The third kappa shape index (κ3) is 3.96. The van der Waals surface area contributed by atoms with Crippen LogP contribution in [0.15, 0.2) is 28.8 Å². The van der Waals surface area contributed by atoms with Gasteiger partial charge in [0.1, 0.15) is 5.00 Å². The fourth-order valence-electron chi connectivity index (χ4n) is 3.00. The SMILES string of the molecule is CCOC(=O)c1c(NC(=O)C2=C(C)NC(=S)N[C@@H]2c2cccs2)sc(C)c1C. The predicted octanol–water partition coefficient (Wildman–Crippen LogP) is 4.03. The molecule has 1 amide bonds. The van der Waals surface area contributed by atoms with E-state index in [0.29, 0.717) is 26.9 Å². The van der Waals surface area contributed by atoms with E-state index in [1.807, 2.05) is 38.3 Å². The molecule has 148 valence electrons. The third-order valence-electron chi connectivity index (χ3n) is 4.43. The van der Waals surface area contributed by atoms with E-state index in [1.165, 1.54) is 11.3 Å². The lowest BCUT2D eigenvalue weighted by Crippen LogP contribution is -2.45. The maximum absolute atomic E-state index is 13.2. The molecule has 28 heavy (non-hydrogen) atoms. The number of allylic oxidation sites excluding steroid dienone is 1. The van der Waals surface area contributed by atoms with Crippen LogP contribution < -0.4 is 16.0 Å². The maximum atomic E-state index is 13.2. The molecule has 3 N–H and O–H groups in total. The summed E-state index contributed by atoms with van der Waals surface area (Å²) in [4.78, 5) is 27.5. The number of amides is 1. The Morgan fingerprint density at radius 3 is 2.71 bits per heavy atom. The molecule has 1 aliphatic heterocycles. The van der Waals surface area contributed by atoms with E-state index in [-0.39, 0.29) is 18.6 Å². The van der Waals surface area contributed by atoms with E-state index >= 15 is 0 Å². The Bertz CT molecular complexity index is 961. The number of hydrogen-bond donors (Lipinski definition) is 3. The van der Waals surface area contributed by atoms with Gasteiger partial charge in [0, 0.05) is 15.5 Å². The smallest absolute Gasteiger partial charge is 0.341 e. The number of thiophene rings is 2. The van der Waals surface area contributed by atoms with Crippen LogP contribution in [0.4, 0.5) is 5.00 Å². The molecule has 0 unspecified atom stereocenters. The molecule has 9 heteroatoms. The van der Waals surface area contributed by atoms with Crippen LogP contribution in [-0.2, 0) is 9.53 Å². The largest absolute Gasteiger partial charge is 0.462 e. The van der Waals surface area contributed by atoms with E-state index in [2.05, 4.69) is 16.0 Å². The first-order valence-electron chi connectivity index (χ1n) is 8.73. The number of rotatable bonds is 5. The number of nitrogens with one attached hydrogen (secondary N) is 3. The molecule has 1 aliphatic rings. The number of hydrogen-bond acceptors (Lipinski definition) is 6. The van der Waals surface area contributed by atoms with Crippen molar-refractivity contribution in [3.05, 3.63) is 49.7 Å². The molecule has 1 atom stereocenters. The van der Waals surface area contributed by atoms with E-state index in [9.17, 15) is 9.59 Å². The molecule has 0 saturated heterocycles. The first-order chi connectivity index (χ1) is 13.3. The zero-order valence-electron chi connectivity index (χ0n) is 16.0. The molecule has 0 fully saturated rings. The molecule has 3 heterocycles. The molecule has 0 aliphatic carbocycles. The van der Waals surface area contributed by atoms with Gasteiger partial charge in [0.05, 0.1) is 23.8 Å². The Kier molecular flexibility index (Phi) is 6.17. The highest BCUT2D eigenvalue weighted by molar-refractivity contribution is 7.80. The Hall–Kier alpha value is -2.23. The highest BCUT2D eigenvalue weighted by atomic mass is 32.1. The van der Waals surface area contributed by atoms with Crippen LogP contribution in [0.5, 0.6) is 0 Å². The summed E-state index contributed by atoms with van der Waals surface area (Å²) >= 11 is 8.18. The maximum Gasteiger partial charge on any atom is 0.341 e. The van der Waals surface area contributed by atoms with Crippen LogP contribution in [0.3, 0.4) is 0 Å². The Balaban J connectivity index is 1.96. The monoisotopic (exact) mass is 435 g/mol. The fourth-order valence-corrected chi connectivity index (χ4v) is 5.10. The second-order valence-corrected chi connectivity index (χ2v) is 8.86. The number of esters is 1. The van der Waals surface area contributed by atoms with E-state index in [4.69, 9.17) is 17.0 Å². The lowest BCUT2D eigenvalue weighted by atomic mass is 10.0. The molecule has 0 aromatic carbocycles. The standard InChI is InChI=1S/C19H21N3O3S3/c1-5-25-18(24)13-9(2)11(4)28-17(13)22-16(23)14-10(3)20-19(26)21-15(14)12-7-6-8-27-12/h6-8,15H,5H2,1-4H3,(H,22,23)(H2,20,21,26)/t15-/m1/s1. The van der Waals surface area contributed by atoms with Gasteiger partial charge in [-0.15, -0.1) is 22.7 Å². The topological polar surface area (TPSA) is 79.5 Å². The zero-order valence-corrected chi connectivity index (χ0v) is 18.4. The summed E-state index contributed by atoms with van der Waals surface area (Å²) in [5, 5.41) is 12.0. The molecular formula is C19H21N3O3S3. The average molecular weight is 436 g/mol. The highest BCUT2D eigenvalue weighted by Gasteiger charge is 2.32. The predicted molar refractivity (Wildman–Crippen MR) is 117 cm³/mol. The van der Waals surface area contributed by atoms with Gasteiger partial charge in [-0.05, 0) is 56.9 Å². The summed E-state index contributed by atoms with van der Waals surface area (Å²) in [7, 11) is 0. The fraction of sp³-hybridized carbons (Fsp3) is 0.316. The average Bonchev–Trinajstić information content (AvgIpc) is 3.23. The minimum Gasteiger partial charge on any atom is -0.462 e. The molecule has 6 nitrogen and oxygen atoms in total. The molecule has 0 saturated carbocycles. The normalized spacial score (nSPS) is 16.4. The van der Waals surface area contributed by atoms with Crippen molar-refractivity contribution in [2.75, 3.05) is 11.9 Å². The molecule has 0 radical (unpaired) electrons. The van der Waals surface area contributed by atoms with Crippen LogP contribution >= 0.6 is 34.9 Å². The highest BCUT2D eigenvalue weighted by Crippen LogP contribution is 2.35. The van der Waals surface area contributed by atoms with Crippen LogP contribution in [0.1, 0.15) is 45.6 Å². The number of aryl methyl sites for hydroxylation is 1. The molecular weight excluding hydrogens is 414 g/mol. The van der Waals surface area contributed by atoms with Gasteiger partial charge < -0.3 is 20.7 Å². The van der Waals surface area contributed by atoms with Gasteiger partial charge in [0.2, 0.25) is 0 Å². The van der Waals surface area contributed by atoms with E-state index in [0.717, 1.165) is 15.3 Å². The molecule has 2 aromatic heterocycles. The van der Waals surface area contributed by atoms with Crippen molar-refractivity contribution in [1.29, 1.82) is 0 Å². The summed E-state index contributed by atoms with van der Waals surface area (Å²) in [5.74, 6) is -0.716. The summed E-state index contributed by atoms with van der Waals surface area (Å²) in [5.41, 5.74) is 2.45. The summed E-state index contributed by atoms with van der Waals surface area (Å²) in [6.45, 7) is 7.62. The first kappa shape index (κ1) is 20.5. The summed E-state index contributed by atoms with van der Waals surface area (Å²) in [6.07, 6.45) is 0. The number of anilines is 1.